The van der Waals surface area contributed by atoms with Crippen LogP contribution in [0.15, 0.2) is 42.5 Å². The molecule has 3 rings (SSSR count). The first-order valence-corrected chi connectivity index (χ1v) is 11.0. The second kappa shape index (κ2) is 12.0. The molecule has 0 aromatic heterocycles. The van der Waals surface area contributed by atoms with Gasteiger partial charge in [-0.25, -0.2) is 9.59 Å². The molecule has 8 heteroatoms. The molecule has 1 aliphatic rings. The van der Waals surface area contributed by atoms with Crippen molar-refractivity contribution in [3.63, 3.8) is 0 Å². The Hall–Kier alpha value is -3.42. The molecule has 1 fully saturated rings. The van der Waals surface area contributed by atoms with Crippen molar-refractivity contribution in [3.8, 4) is 17.2 Å². The van der Waals surface area contributed by atoms with Crippen molar-refractivity contribution in [3.05, 3.63) is 53.6 Å². The number of aryl methyl sites for hydroxylation is 1. The summed E-state index contributed by atoms with van der Waals surface area (Å²) >= 11 is 0. The molecular formula is C25H31NO7. The Balaban J connectivity index is 1.47. The van der Waals surface area contributed by atoms with Gasteiger partial charge in [-0.3, -0.25) is 4.90 Å². The molecule has 2 aromatic rings. The lowest BCUT2D eigenvalue weighted by molar-refractivity contribution is -0.148. The number of likely N-dealkylation sites (tertiary alicyclic amines) is 1. The Morgan fingerprint density at radius 3 is 2.27 bits per heavy atom. The molecule has 178 valence electrons. The number of hydrogen-bond acceptors (Lipinski definition) is 7. The van der Waals surface area contributed by atoms with Crippen molar-refractivity contribution in [1.29, 1.82) is 0 Å². The Morgan fingerprint density at radius 2 is 1.64 bits per heavy atom. The second-order valence-corrected chi connectivity index (χ2v) is 7.70. The van der Waals surface area contributed by atoms with Gasteiger partial charge in [0.25, 0.3) is 0 Å². The highest BCUT2D eigenvalue weighted by atomic mass is 16.6. The van der Waals surface area contributed by atoms with Gasteiger partial charge in [-0.05, 0) is 48.9 Å². The van der Waals surface area contributed by atoms with E-state index in [1.807, 2.05) is 42.5 Å². The maximum Gasteiger partial charge on any atom is 0.410 e. The molecule has 1 heterocycles. The maximum atomic E-state index is 12.6. The van der Waals surface area contributed by atoms with Crippen LogP contribution in [0.25, 0.3) is 0 Å². The first-order chi connectivity index (χ1) is 16.1. The van der Waals surface area contributed by atoms with Gasteiger partial charge in [0.05, 0.1) is 27.9 Å². The Morgan fingerprint density at radius 1 is 0.939 bits per heavy atom. The smallest absolute Gasteiger partial charge is 0.410 e. The third kappa shape index (κ3) is 6.31. The third-order valence-corrected chi connectivity index (χ3v) is 5.54. The number of methoxy groups -OCH3 is 3. The number of ether oxygens (including phenoxy) is 5. The molecule has 0 unspecified atom stereocenters. The first-order valence-electron chi connectivity index (χ1n) is 11.0. The molecule has 8 nitrogen and oxygen atoms in total. The zero-order valence-corrected chi connectivity index (χ0v) is 19.4. The number of rotatable bonds is 10. The van der Waals surface area contributed by atoms with Crippen LogP contribution in [0.1, 0.15) is 30.4 Å². The highest BCUT2D eigenvalue weighted by Gasteiger charge is 2.36. The van der Waals surface area contributed by atoms with Crippen LogP contribution in [0, 0.1) is 0 Å². The van der Waals surface area contributed by atoms with Crippen molar-refractivity contribution < 1.29 is 33.3 Å². The Bertz CT molecular complexity index is 907. The van der Waals surface area contributed by atoms with Gasteiger partial charge in [-0.15, -0.1) is 0 Å². The van der Waals surface area contributed by atoms with E-state index in [1.54, 1.807) is 21.3 Å². The third-order valence-electron chi connectivity index (χ3n) is 5.54. The largest absolute Gasteiger partial charge is 0.493 e. The molecule has 1 saturated heterocycles. The fourth-order valence-corrected chi connectivity index (χ4v) is 3.86. The van der Waals surface area contributed by atoms with Crippen molar-refractivity contribution in [2.75, 3.05) is 34.5 Å². The number of hydrogen-bond donors (Lipinski definition) is 0. The zero-order chi connectivity index (χ0) is 23.6. The summed E-state index contributed by atoms with van der Waals surface area (Å²) in [5.74, 6) is 1.31. The quantitative estimate of drug-likeness (QED) is 0.394. The minimum absolute atomic E-state index is 0.173. The molecule has 0 radical (unpaired) electrons. The molecule has 33 heavy (non-hydrogen) atoms. The first kappa shape index (κ1) is 24.2. The van der Waals surface area contributed by atoms with Gasteiger partial charge in [-0.1, -0.05) is 30.3 Å². The molecule has 0 saturated carbocycles. The van der Waals surface area contributed by atoms with Crippen LogP contribution in [0.3, 0.4) is 0 Å². The average Bonchev–Trinajstić information content (AvgIpc) is 3.35. The topological polar surface area (TPSA) is 83.5 Å². The van der Waals surface area contributed by atoms with Crippen molar-refractivity contribution in [2.24, 2.45) is 0 Å². The second-order valence-electron chi connectivity index (χ2n) is 7.70. The average molecular weight is 458 g/mol. The van der Waals surface area contributed by atoms with E-state index >= 15 is 0 Å². The summed E-state index contributed by atoms with van der Waals surface area (Å²) in [5.41, 5.74) is 1.88. The van der Waals surface area contributed by atoms with Crippen LogP contribution in [-0.4, -0.2) is 57.5 Å². The lowest BCUT2D eigenvalue weighted by atomic mass is 10.1. The van der Waals surface area contributed by atoms with Crippen LogP contribution in [-0.2, 0) is 27.3 Å². The molecule has 0 N–H and O–H groups in total. The van der Waals surface area contributed by atoms with Gasteiger partial charge in [-0.2, -0.15) is 0 Å². The molecular weight excluding hydrogens is 426 g/mol. The van der Waals surface area contributed by atoms with Gasteiger partial charge in [0.1, 0.15) is 12.6 Å². The molecule has 0 spiro atoms. The summed E-state index contributed by atoms with van der Waals surface area (Å²) in [6.45, 7) is 0.907. The highest BCUT2D eigenvalue weighted by molar-refractivity contribution is 5.82. The summed E-state index contributed by atoms with van der Waals surface area (Å²) in [6, 6.07) is 12.6. The van der Waals surface area contributed by atoms with Gasteiger partial charge >= 0.3 is 12.1 Å². The number of benzene rings is 2. The number of esters is 1. The monoisotopic (exact) mass is 457 g/mol. The summed E-state index contributed by atoms with van der Waals surface area (Å²) < 4.78 is 26.9. The Kier molecular flexibility index (Phi) is 8.80. The van der Waals surface area contributed by atoms with E-state index in [4.69, 9.17) is 23.7 Å². The lowest BCUT2D eigenvalue weighted by Crippen LogP contribution is -2.41. The molecule has 1 amide bonds. The van der Waals surface area contributed by atoms with Crippen molar-refractivity contribution in [2.45, 2.75) is 38.3 Å². The van der Waals surface area contributed by atoms with E-state index in [1.165, 1.54) is 4.90 Å². The summed E-state index contributed by atoms with van der Waals surface area (Å²) in [7, 11) is 4.70. The SMILES string of the molecule is COc1cc(CCCOC(=O)[C@@H]2CCCN2C(=O)OCc2ccccc2)cc(OC)c1OC. The van der Waals surface area contributed by atoms with Crippen molar-refractivity contribution >= 4 is 12.1 Å². The molecule has 2 aromatic carbocycles. The summed E-state index contributed by atoms with van der Waals surface area (Å²) in [5, 5.41) is 0. The van der Waals surface area contributed by atoms with E-state index in [9.17, 15) is 9.59 Å². The van der Waals surface area contributed by atoms with E-state index in [0.717, 1.165) is 17.5 Å². The van der Waals surface area contributed by atoms with E-state index in [2.05, 4.69) is 0 Å². The zero-order valence-electron chi connectivity index (χ0n) is 19.4. The summed E-state index contributed by atoms with van der Waals surface area (Å²) in [6.07, 6.45) is 2.11. The van der Waals surface area contributed by atoms with Gasteiger partial charge in [0, 0.05) is 6.54 Å². The molecule has 1 aliphatic heterocycles. The van der Waals surface area contributed by atoms with Crippen LogP contribution in [0.5, 0.6) is 17.2 Å². The Labute approximate surface area is 194 Å². The predicted octanol–water partition coefficient (Wildman–Crippen LogP) is 3.99. The number of amides is 1. The normalized spacial score (nSPS) is 15.1. The van der Waals surface area contributed by atoms with Crippen LogP contribution in [0.2, 0.25) is 0 Å². The van der Waals surface area contributed by atoms with Crippen LogP contribution >= 0.6 is 0 Å². The molecule has 0 aliphatic carbocycles. The minimum atomic E-state index is -0.602. The minimum Gasteiger partial charge on any atom is -0.493 e. The predicted molar refractivity (Wildman–Crippen MR) is 122 cm³/mol. The number of nitrogens with zero attached hydrogens (tertiary/aromatic N) is 1. The summed E-state index contributed by atoms with van der Waals surface area (Å²) in [4.78, 5) is 26.5. The fraction of sp³-hybridized carbons (Fsp3) is 0.440. The van der Waals surface area contributed by atoms with Gasteiger partial charge in [0.2, 0.25) is 5.75 Å². The highest BCUT2D eigenvalue weighted by Crippen LogP contribution is 2.38. The van der Waals surface area contributed by atoms with Gasteiger partial charge in [0.15, 0.2) is 11.5 Å². The lowest BCUT2D eigenvalue weighted by Gasteiger charge is -2.22. The van der Waals surface area contributed by atoms with Crippen molar-refractivity contribution in [1.82, 2.24) is 4.90 Å². The molecule has 0 bridgehead atoms. The van der Waals surface area contributed by atoms with Crippen LogP contribution in [0.4, 0.5) is 4.79 Å². The fourth-order valence-electron chi connectivity index (χ4n) is 3.86. The van der Waals surface area contributed by atoms with E-state index in [-0.39, 0.29) is 13.2 Å². The number of carbonyl (C=O) groups excluding carboxylic acids is 2. The van der Waals surface area contributed by atoms with E-state index in [0.29, 0.717) is 43.1 Å². The standard InChI is InChI=1S/C25H31NO7/c1-29-21-15-19(16-22(30-2)23(21)31-3)11-8-14-32-24(27)20-12-7-13-26(20)25(28)33-17-18-9-5-4-6-10-18/h4-6,9-10,15-16,20H,7-8,11-14,17H2,1-3H3/t20-/m0/s1. The maximum absolute atomic E-state index is 12.6. The van der Waals surface area contributed by atoms with Gasteiger partial charge < -0.3 is 23.7 Å². The van der Waals surface area contributed by atoms with Crippen LogP contribution < -0.4 is 14.2 Å². The number of carbonyl (C=O) groups is 2. The molecule has 1 atom stereocenters. The van der Waals surface area contributed by atoms with E-state index < -0.39 is 18.1 Å².